The Balaban J connectivity index is 2.78. The summed E-state index contributed by atoms with van der Waals surface area (Å²) < 4.78 is 15.3. The molecule has 134 valence electrons. The minimum atomic E-state index is -0.916. The highest BCUT2D eigenvalue weighted by Gasteiger charge is 2.45. The lowest BCUT2D eigenvalue weighted by Crippen LogP contribution is -2.42. The number of hydrogen-bond donors (Lipinski definition) is 0. The molecule has 1 saturated carbocycles. The first-order valence-corrected chi connectivity index (χ1v) is 9.09. The van der Waals surface area contributed by atoms with Crippen LogP contribution in [0.5, 0.6) is 0 Å². The fourth-order valence-corrected chi connectivity index (χ4v) is 3.85. The van der Waals surface area contributed by atoms with Crippen molar-refractivity contribution < 1.29 is 23.8 Å². The smallest absolute Gasteiger partial charge is 0.322 e. The number of alkyl halides is 1. The molecule has 0 aromatic heterocycles. The van der Waals surface area contributed by atoms with E-state index in [0.717, 1.165) is 19.3 Å². The van der Waals surface area contributed by atoms with Gasteiger partial charge in [-0.1, -0.05) is 22.9 Å². The van der Waals surface area contributed by atoms with Crippen molar-refractivity contribution in [2.24, 2.45) is 5.41 Å². The molecule has 1 aliphatic carbocycles. The van der Waals surface area contributed by atoms with Gasteiger partial charge >= 0.3 is 11.9 Å². The summed E-state index contributed by atoms with van der Waals surface area (Å²) in [7, 11) is 1.34. The van der Waals surface area contributed by atoms with Crippen LogP contribution in [0, 0.1) is 5.41 Å². The third kappa shape index (κ3) is 5.18. The average Bonchev–Trinajstić information content (AvgIpc) is 2.93. The second-order valence-corrected chi connectivity index (χ2v) is 8.40. The van der Waals surface area contributed by atoms with Gasteiger partial charge in [0.05, 0.1) is 18.6 Å². The molecule has 1 fully saturated rings. The topological polar surface area (TPSA) is 61.8 Å². The molecule has 0 spiro atoms. The third-order valence-electron chi connectivity index (χ3n) is 4.64. The van der Waals surface area contributed by atoms with Gasteiger partial charge in [0.2, 0.25) is 0 Å². The standard InChI is InChI=1S/C17H29BrO5/c1-6-16(3,11-17(4,18)15(20)21-5)14(19)23-13-10-8-9-12(13)22-7-2/h12-13H,6-11H2,1-5H3. The Morgan fingerprint density at radius 2 is 1.74 bits per heavy atom. The molecule has 0 bridgehead atoms. The van der Waals surface area contributed by atoms with Crippen molar-refractivity contribution in [1.29, 1.82) is 0 Å². The molecule has 6 heteroatoms. The summed E-state index contributed by atoms with van der Waals surface area (Å²) in [5, 5.41) is 0. The van der Waals surface area contributed by atoms with Crippen molar-refractivity contribution in [2.75, 3.05) is 13.7 Å². The number of carbonyl (C=O) groups excluding carboxylic acids is 2. The van der Waals surface area contributed by atoms with Crippen LogP contribution < -0.4 is 0 Å². The molecule has 23 heavy (non-hydrogen) atoms. The number of hydrogen-bond acceptors (Lipinski definition) is 5. The maximum atomic E-state index is 12.7. The first-order valence-electron chi connectivity index (χ1n) is 8.30. The largest absolute Gasteiger partial charge is 0.468 e. The van der Waals surface area contributed by atoms with Gasteiger partial charge in [-0.2, -0.15) is 0 Å². The molecule has 0 N–H and O–H groups in total. The van der Waals surface area contributed by atoms with E-state index in [0.29, 0.717) is 19.4 Å². The SMILES string of the molecule is CCOC1CCCC1OC(=O)C(C)(CC)CC(C)(Br)C(=O)OC. The Morgan fingerprint density at radius 3 is 2.26 bits per heavy atom. The van der Waals surface area contributed by atoms with E-state index in [9.17, 15) is 9.59 Å². The lowest BCUT2D eigenvalue weighted by molar-refractivity contribution is -0.168. The van der Waals surface area contributed by atoms with Gasteiger partial charge in [0.1, 0.15) is 10.4 Å². The molecule has 4 atom stereocenters. The molecule has 0 aromatic rings. The Labute approximate surface area is 147 Å². The van der Waals surface area contributed by atoms with Crippen molar-refractivity contribution in [3.05, 3.63) is 0 Å². The number of methoxy groups -OCH3 is 1. The van der Waals surface area contributed by atoms with Crippen LogP contribution in [0.25, 0.3) is 0 Å². The average molecular weight is 393 g/mol. The number of ether oxygens (including phenoxy) is 3. The third-order valence-corrected chi connectivity index (χ3v) is 5.24. The van der Waals surface area contributed by atoms with Gasteiger partial charge in [-0.05, 0) is 52.9 Å². The van der Waals surface area contributed by atoms with E-state index >= 15 is 0 Å². The van der Waals surface area contributed by atoms with E-state index in [2.05, 4.69) is 15.9 Å². The van der Waals surface area contributed by atoms with Gasteiger partial charge in [0.15, 0.2) is 0 Å². The molecular weight excluding hydrogens is 364 g/mol. The van der Waals surface area contributed by atoms with Crippen LogP contribution in [0.1, 0.15) is 59.8 Å². The van der Waals surface area contributed by atoms with Crippen molar-refractivity contribution in [2.45, 2.75) is 76.3 Å². The molecule has 0 aromatic carbocycles. The highest BCUT2D eigenvalue weighted by molar-refractivity contribution is 9.10. The number of esters is 2. The molecule has 0 saturated heterocycles. The second kappa shape index (κ2) is 8.47. The van der Waals surface area contributed by atoms with E-state index in [-0.39, 0.29) is 18.2 Å². The Hall–Kier alpha value is -0.620. The normalized spacial score (nSPS) is 26.2. The summed E-state index contributed by atoms with van der Waals surface area (Å²) in [6.07, 6.45) is 3.45. The predicted molar refractivity (Wildman–Crippen MR) is 91.5 cm³/mol. The van der Waals surface area contributed by atoms with Crippen molar-refractivity contribution in [1.82, 2.24) is 0 Å². The molecule has 5 nitrogen and oxygen atoms in total. The summed E-state index contributed by atoms with van der Waals surface area (Å²) in [5.74, 6) is -0.663. The van der Waals surface area contributed by atoms with E-state index < -0.39 is 15.7 Å². The Kier molecular flexibility index (Phi) is 7.52. The summed E-state index contributed by atoms with van der Waals surface area (Å²) in [6.45, 7) is 8.04. The van der Waals surface area contributed by atoms with Crippen LogP contribution in [0.2, 0.25) is 0 Å². The second-order valence-electron chi connectivity index (χ2n) is 6.65. The van der Waals surface area contributed by atoms with Gasteiger partial charge in [0, 0.05) is 6.61 Å². The van der Waals surface area contributed by atoms with Crippen molar-refractivity contribution >= 4 is 27.9 Å². The molecule has 0 aliphatic heterocycles. The van der Waals surface area contributed by atoms with Gasteiger partial charge in [0.25, 0.3) is 0 Å². The molecule has 0 amide bonds. The molecule has 0 heterocycles. The van der Waals surface area contributed by atoms with Crippen LogP contribution in [0.4, 0.5) is 0 Å². The van der Waals surface area contributed by atoms with Gasteiger partial charge in [-0.15, -0.1) is 0 Å². The van der Waals surface area contributed by atoms with E-state index in [1.807, 2.05) is 20.8 Å². The molecule has 1 rings (SSSR count). The summed E-state index contributed by atoms with van der Waals surface area (Å²) in [5.41, 5.74) is -0.758. The van der Waals surface area contributed by atoms with Crippen LogP contribution in [0.15, 0.2) is 0 Å². The maximum Gasteiger partial charge on any atom is 0.322 e. The van der Waals surface area contributed by atoms with Gasteiger partial charge in [-0.3, -0.25) is 9.59 Å². The van der Waals surface area contributed by atoms with Crippen molar-refractivity contribution in [3.63, 3.8) is 0 Å². The first-order chi connectivity index (χ1) is 10.7. The minimum Gasteiger partial charge on any atom is -0.468 e. The molecule has 0 radical (unpaired) electrons. The minimum absolute atomic E-state index is 0.0129. The zero-order valence-corrected chi connectivity index (χ0v) is 16.4. The van der Waals surface area contributed by atoms with Crippen molar-refractivity contribution in [3.8, 4) is 0 Å². The first kappa shape index (κ1) is 20.4. The molecular formula is C17H29BrO5. The van der Waals surface area contributed by atoms with E-state index in [1.165, 1.54) is 7.11 Å². The fraction of sp³-hybridized carbons (Fsp3) is 0.882. The zero-order valence-electron chi connectivity index (χ0n) is 14.8. The monoisotopic (exact) mass is 392 g/mol. The number of carbonyl (C=O) groups is 2. The van der Waals surface area contributed by atoms with Crippen LogP contribution in [-0.2, 0) is 23.8 Å². The van der Waals surface area contributed by atoms with Gasteiger partial charge in [-0.25, -0.2) is 0 Å². The predicted octanol–water partition coefficient (Wildman–Crippen LogP) is 3.62. The fourth-order valence-electron chi connectivity index (χ4n) is 3.07. The zero-order chi connectivity index (χ0) is 17.7. The van der Waals surface area contributed by atoms with E-state index in [1.54, 1.807) is 6.92 Å². The maximum absolute atomic E-state index is 12.7. The molecule has 1 aliphatic rings. The van der Waals surface area contributed by atoms with Crippen LogP contribution in [0.3, 0.4) is 0 Å². The number of halogens is 1. The Morgan fingerprint density at radius 1 is 1.13 bits per heavy atom. The van der Waals surface area contributed by atoms with Crippen LogP contribution in [-0.4, -0.2) is 42.2 Å². The van der Waals surface area contributed by atoms with Crippen LogP contribution >= 0.6 is 15.9 Å². The summed E-state index contributed by atoms with van der Waals surface area (Å²) >= 11 is 3.40. The number of rotatable bonds is 8. The lowest BCUT2D eigenvalue weighted by atomic mass is 9.79. The van der Waals surface area contributed by atoms with Gasteiger partial charge < -0.3 is 14.2 Å². The quantitative estimate of drug-likeness (QED) is 0.466. The van der Waals surface area contributed by atoms with E-state index in [4.69, 9.17) is 14.2 Å². The summed E-state index contributed by atoms with van der Waals surface area (Å²) in [4.78, 5) is 24.6. The lowest BCUT2D eigenvalue weighted by Gasteiger charge is -2.33. The Bertz CT molecular complexity index is 423. The molecule has 4 unspecified atom stereocenters. The summed E-state index contributed by atoms with van der Waals surface area (Å²) in [6, 6.07) is 0. The highest BCUT2D eigenvalue weighted by atomic mass is 79.9. The highest BCUT2D eigenvalue weighted by Crippen LogP contribution is 2.39.